The summed E-state index contributed by atoms with van der Waals surface area (Å²) in [5.41, 5.74) is 4.90. The average molecular weight is 919 g/mol. The van der Waals surface area contributed by atoms with Gasteiger partial charge in [0.2, 0.25) is 0 Å². The molecular formula is C64H86O4. The largest absolute Gasteiger partial charge is 0.425 e. The molecule has 6 rings (SSSR count). The van der Waals surface area contributed by atoms with Crippen LogP contribution in [0, 0.1) is 0 Å². The second-order valence-corrected chi connectivity index (χ2v) is 20.0. The van der Waals surface area contributed by atoms with Gasteiger partial charge in [-0.25, -0.2) is 0 Å². The highest BCUT2D eigenvalue weighted by molar-refractivity contribution is 6.27. The Morgan fingerprint density at radius 3 is 0.971 bits per heavy atom. The summed E-state index contributed by atoms with van der Waals surface area (Å²) in [6.07, 6.45) is 33.9. The van der Waals surface area contributed by atoms with E-state index in [4.69, 9.17) is 9.47 Å². The van der Waals surface area contributed by atoms with Crippen molar-refractivity contribution in [3.63, 3.8) is 0 Å². The number of unbranched alkanes of at least 4 members (excludes halogenated alkanes) is 22. The third kappa shape index (κ3) is 15.1. The van der Waals surface area contributed by atoms with Crippen LogP contribution < -0.4 is 9.47 Å². The van der Waals surface area contributed by atoms with E-state index in [-0.39, 0.29) is 11.9 Å². The summed E-state index contributed by atoms with van der Waals surface area (Å²) in [5.74, 6) is 0.997. The minimum Gasteiger partial charge on any atom is -0.425 e. The molecule has 0 saturated carbocycles. The molecule has 0 unspecified atom stereocenters. The fourth-order valence-electron chi connectivity index (χ4n) is 10.4. The van der Waals surface area contributed by atoms with Crippen molar-refractivity contribution < 1.29 is 19.1 Å². The Hall–Kier alpha value is -4.70. The lowest BCUT2D eigenvalue weighted by Crippen LogP contribution is -2.09. The first-order chi connectivity index (χ1) is 33.5. The third-order valence-electron chi connectivity index (χ3n) is 14.4. The number of hydrogen-bond acceptors (Lipinski definition) is 4. The summed E-state index contributed by atoms with van der Waals surface area (Å²) < 4.78 is 13.1. The van der Waals surface area contributed by atoms with E-state index >= 15 is 0 Å². The predicted molar refractivity (Wildman–Crippen MR) is 293 cm³/mol. The fraction of sp³-hybridized carbons (Fsp3) is 0.531. The monoisotopic (exact) mass is 919 g/mol. The lowest BCUT2D eigenvalue weighted by atomic mass is 9.84. The zero-order valence-electron chi connectivity index (χ0n) is 42.9. The van der Waals surface area contributed by atoms with E-state index in [2.05, 4.69) is 113 Å². The molecule has 0 amide bonds. The molecule has 68 heavy (non-hydrogen) atoms. The zero-order valence-corrected chi connectivity index (χ0v) is 42.9. The molecule has 0 spiro atoms. The summed E-state index contributed by atoms with van der Waals surface area (Å²) >= 11 is 0. The Morgan fingerprint density at radius 1 is 0.324 bits per heavy atom. The van der Waals surface area contributed by atoms with Crippen molar-refractivity contribution in [3.8, 4) is 22.6 Å². The van der Waals surface area contributed by atoms with Crippen molar-refractivity contribution in [1.29, 1.82) is 0 Å². The van der Waals surface area contributed by atoms with E-state index in [9.17, 15) is 9.59 Å². The van der Waals surface area contributed by atoms with Crippen LogP contribution in [-0.4, -0.2) is 11.9 Å². The lowest BCUT2D eigenvalue weighted by Gasteiger charge is -2.22. The van der Waals surface area contributed by atoms with Crippen molar-refractivity contribution in [3.05, 3.63) is 96.1 Å². The van der Waals surface area contributed by atoms with Gasteiger partial charge in [0.1, 0.15) is 11.5 Å². The Kier molecular flexibility index (Phi) is 22.7. The van der Waals surface area contributed by atoms with Crippen molar-refractivity contribution in [2.24, 2.45) is 0 Å². The van der Waals surface area contributed by atoms with Gasteiger partial charge in [0.05, 0.1) is 0 Å². The maximum atomic E-state index is 13.9. The predicted octanol–water partition coefficient (Wildman–Crippen LogP) is 19.9. The minimum absolute atomic E-state index is 0.160. The SMILES string of the molecule is CCCCCCCCCC(=O)Oc1c2ccccc2c(-c2c3ccccc3c(OC(=O)CCCCCCCCC)c3ccc(CCCCCCCC)cc23)c2cc(CCCCCCCC)ccc12. The number of esters is 2. The number of fused-ring (bicyclic) bond motifs is 4. The maximum absolute atomic E-state index is 13.9. The van der Waals surface area contributed by atoms with Gasteiger partial charge in [-0.2, -0.15) is 0 Å². The van der Waals surface area contributed by atoms with Gasteiger partial charge in [-0.05, 0) is 82.3 Å². The van der Waals surface area contributed by atoms with E-state index in [1.165, 1.54) is 127 Å². The number of benzene rings is 6. The molecule has 0 bridgehead atoms. The van der Waals surface area contributed by atoms with E-state index in [0.29, 0.717) is 24.3 Å². The standard InChI is InChI=1S/C64H86O4/c1-5-9-13-17-21-25-29-41-59(65)67-63-53-39-33-31-37-51(53)61(57-47-49(43-45-55(57)63)35-27-23-19-15-11-7-3)62-52-38-32-34-40-54(52)64(68-60(66)42-30-26-22-18-14-10-6-2)56-46-44-50(48-58(56)62)36-28-24-20-16-12-8-4/h31-34,37-40,43-48H,5-30,35-36,41-42H2,1-4H3. The Balaban J connectivity index is 1.48. The summed E-state index contributed by atoms with van der Waals surface area (Å²) in [6.45, 7) is 9.05. The van der Waals surface area contributed by atoms with E-state index < -0.39 is 0 Å². The van der Waals surface area contributed by atoms with Gasteiger partial charge < -0.3 is 9.47 Å². The van der Waals surface area contributed by atoms with Crippen LogP contribution in [0.1, 0.15) is 219 Å². The molecule has 0 saturated heterocycles. The molecule has 0 aromatic heterocycles. The molecule has 4 heteroatoms. The van der Waals surface area contributed by atoms with Crippen LogP contribution in [0.25, 0.3) is 54.2 Å². The molecule has 0 fully saturated rings. The van der Waals surface area contributed by atoms with Crippen LogP contribution in [0.5, 0.6) is 11.5 Å². The maximum Gasteiger partial charge on any atom is 0.311 e. The lowest BCUT2D eigenvalue weighted by molar-refractivity contribution is -0.135. The molecule has 0 aliphatic heterocycles. The summed E-state index contributed by atoms with van der Waals surface area (Å²) in [6, 6.07) is 30.9. The van der Waals surface area contributed by atoms with Crippen molar-refractivity contribution >= 4 is 55.0 Å². The van der Waals surface area contributed by atoms with Gasteiger partial charge in [-0.1, -0.05) is 254 Å². The van der Waals surface area contributed by atoms with Crippen LogP contribution in [0.4, 0.5) is 0 Å². The van der Waals surface area contributed by atoms with E-state index in [0.717, 1.165) is 118 Å². The van der Waals surface area contributed by atoms with E-state index in [1.807, 2.05) is 0 Å². The second-order valence-electron chi connectivity index (χ2n) is 20.0. The fourth-order valence-corrected chi connectivity index (χ4v) is 10.4. The molecule has 6 aromatic rings. The van der Waals surface area contributed by atoms with Crippen molar-refractivity contribution in [1.82, 2.24) is 0 Å². The number of carbonyl (C=O) groups is 2. The Labute approximate surface area is 411 Å². The molecule has 0 aliphatic carbocycles. The molecular weight excluding hydrogens is 833 g/mol. The normalized spacial score (nSPS) is 11.6. The first kappa shape index (κ1) is 52.7. The molecule has 0 heterocycles. The average Bonchev–Trinajstić information content (AvgIpc) is 3.36. The summed E-state index contributed by atoms with van der Waals surface area (Å²) in [4.78, 5) is 27.7. The highest BCUT2D eigenvalue weighted by Crippen LogP contribution is 2.50. The molecule has 366 valence electrons. The summed E-state index contributed by atoms with van der Waals surface area (Å²) in [7, 11) is 0. The van der Waals surface area contributed by atoms with Gasteiger partial charge in [-0.3, -0.25) is 9.59 Å². The Bertz CT molecular complexity index is 2300. The molecule has 0 atom stereocenters. The van der Waals surface area contributed by atoms with Crippen LogP contribution in [-0.2, 0) is 22.4 Å². The highest BCUT2D eigenvalue weighted by Gasteiger charge is 2.25. The van der Waals surface area contributed by atoms with Crippen LogP contribution in [0.15, 0.2) is 84.9 Å². The number of carbonyl (C=O) groups excluding carboxylic acids is 2. The van der Waals surface area contributed by atoms with Crippen LogP contribution in [0.2, 0.25) is 0 Å². The second kappa shape index (κ2) is 29.4. The molecule has 0 radical (unpaired) electrons. The molecule has 0 aliphatic rings. The first-order valence-electron chi connectivity index (χ1n) is 27.8. The number of ether oxygens (including phenoxy) is 2. The molecule has 4 nitrogen and oxygen atoms in total. The van der Waals surface area contributed by atoms with Crippen LogP contribution >= 0.6 is 0 Å². The number of aryl methyl sites for hydroxylation is 2. The third-order valence-corrected chi connectivity index (χ3v) is 14.4. The zero-order chi connectivity index (χ0) is 47.8. The van der Waals surface area contributed by atoms with Crippen LogP contribution in [0.3, 0.4) is 0 Å². The van der Waals surface area contributed by atoms with E-state index in [1.54, 1.807) is 0 Å². The number of rotatable bonds is 33. The smallest absolute Gasteiger partial charge is 0.311 e. The highest BCUT2D eigenvalue weighted by atomic mass is 16.5. The van der Waals surface area contributed by atoms with Gasteiger partial charge >= 0.3 is 11.9 Å². The van der Waals surface area contributed by atoms with Gasteiger partial charge in [-0.15, -0.1) is 0 Å². The Morgan fingerprint density at radius 2 is 0.618 bits per heavy atom. The van der Waals surface area contributed by atoms with Gasteiger partial charge in [0.25, 0.3) is 0 Å². The molecule has 0 N–H and O–H groups in total. The van der Waals surface area contributed by atoms with Crippen molar-refractivity contribution in [2.75, 3.05) is 0 Å². The van der Waals surface area contributed by atoms with Gasteiger partial charge in [0, 0.05) is 34.4 Å². The van der Waals surface area contributed by atoms with Gasteiger partial charge in [0.15, 0.2) is 0 Å². The number of hydrogen-bond donors (Lipinski definition) is 0. The van der Waals surface area contributed by atoms with Crippen molar-refractivity contribution in [2.45, 2.75) is 220 Å². The first-order valence-corrected chi connectivity index (χ1v) is 27.8. The molecule has 6 aromatic carbocycles. The summed E-state index contributed by atoms with van der Waals surface area (Å²) in [5, 5.41) is 8.13. The minimum atomic E-state index is -0.160. The topological polar surface area (TPSA) is 52.6 Å². The quantitative estimate of drug-likeness (QED) is 0.0179.